The maximum absolute atomic E-state index is 12.3. The number of carbonyl (C=O) groups excluding carboxylic acids is 2. The first kappa shape index (κ1) is 15.8. The van der Waals surface area contributed by atoms with Crippen molar-refractivity contribution in [1.82, 2.24) is 10.6 Å². The summed E-state index contributed by atoms with van der Waals surface area (Å²) >= 11 is 0. The fourth-order valence-corrected chi connectivity index (χ4v) is 1.24. The third-order valence-corrected chi connectivity index (χ3v) is 2.16. The molecule has 1 atom stereocenters. The zero-order chi connectivity index (χ0) is 13.1. The first-order valence-corrected chi connectivity index (χ1v) is 5.59. The first-order chi connectivity index (χ1) is 8.11. The summed E-state index contributed by atoms with van der Waals surface area (Å²) in [5.41, 5.74) is 5.15. The molecule has 0 saturated carbocycles. The molecule has 17 heavy (non-hydrogen) atoms. The third kappa shape index (κ3) is 8.58. The Labute approximate surface area is 100 Å². The molecule has 0 aromatic carbocycles. The molecule has 100 valence electrons. The minimum atomic E-state index is -1.36. The van der Waals surface area contributed by atoms with Gasteiger partial charge in [-0.3, -0.25) is 4.79 Å². The second-order valence-electron chi connectivity index (χ2n) is 3.49. The molecule has 1 amide bonds. The number of halogens is 1. The van der Waals surface area contributed by atoms with Crippen molar-refractivity contribution < 1.29 is 18.7 Å². The molecule has 0 aliphatic carbocycles. The summed E-state index contributed by atoms with van der Waals surface area (Å²) in [4.78, 5) is 21.4. The van der Waals surface area contributed by atoms with Crippen molar-refractivity contribution in [2.24, 2.45) is 5.73 Å². The Morgan fingerprint density at radius 2 is 2.12 bits per heavy atom. The standard InChI is InChI=1S/C10H20FN3O3/c1-13-8(9(11)15)4-2-3-6-14-10(16)17-7-5-12/h8,13H,2-7,12H2,1H3,(H,14,16). The molecule has 0 aliphatic rings. The molecule has 0 aliphatic heterocycles. The van der Waals surface area contributed by atoms with Gasteiger partial charge in [0.05, 0.1) is 6.04 Å². The number of rotatable bonds is 9. The number of alkyl carbamates (subject to hydrolysis) is 1. The molecule has 7 heteroatoms. The maximum atomic E-state index is 12.3. The quantitative estimate of drug-likeness (QED) is 0.393. The summed E-state index contributed by atoms with van der Waals surface area (Å²) in [6, 6.07) is -2.11. The predicted octanol–water partition coefficient (Wildman–Crippen LogP) is -0.0743. The van der Waals surface area contributed by atoms with E-state index in [1.54, 1.807) is 0 Å². The van der Waals surface area contributed by atoms with Gasteiger partial charge in [-0.1, -0.05) is 0 Å². The maximum Gasteiger partial charge on any atom is 0.407 e. The van der Waals surface area contributed by atoms with E-state index in [0.717, 1.165) is 0 Å². The van der Waals surface area contributed by atoms with Crippen molar-refractivity contribution in [2.45, 2.75) is 25.3 Å². The number of likely N-dealkylation sites (N-methyl/N-ethyl adjacent to an activating group) is 1. The molecule has 0 rings (SSSR count). The van der Waals surface area contributed by atoms with Gasteiger partial charge in [0, 0.05) is 13.1 Å². The fourth-order valence-electron chi connectivity index (χ4n) is 1.24. The molecule has 0 saturated heterocycles. The van der Waals surface area contributed by atoms with E-state index in [4.69, 9.17) is 5.73 Å². The summed E-state index contributed by atoms with van der Waals surface area (Å²) < 4.78 is 17.0. The summed E-state index contributed by atoms with van der Waals surface area (Å²) in [7, 11) is 1.53. The minimum Gasteiger partial charge on any atom is -0.448 e. The SMILES string of the molecule is CNC(CCCCNC(=O)OCCN)C(=O)F. The number of ether oxygens (including phenoxy) is 1. The Morgan fingerprint density at radius 3 is 2.65 bits per heavy atom. The zero-order valence-electron chi connectivity index (χ0n) is 10.0. The molecular formula is C10H20FN3O3. The van der Waals surface area contributed by atoms with Crippen LogP contribution < -0.4 is 16.4 Å². The zero-order valence-corrected chi connectivity index (χ0v) is 10.0. The molecule has 0 bridgehead atoms. The van der Waals surface area contributed by atoms with Gasteiger partial charge < -0.3 is 21.1 Å². The summed E-state index contributed by atoms with van der Waals surface area (Å²) in [5.74, 6) is 0. The summed E-state index contributed by atoms with van der Waals surface area (Å²) in [6.07, 6.45) is 1.19. The lowest BCUT2D eigenvalue weighted by Gasteiger charge is -2.10. The molecule has 0 radical (unpaired) electrons. The van der Waals surface area contributed by atoms with E-state index in [0.29, 0.717) is 25.8 Å². The van der Waals surface area contributed by atoms with Gasteiger partial charge in [-0.05, 0) is 26.3 Å². The second kappa shape index (κ2) is 9.98. The minimum absolute atomic E-state index is 0.185. The fraction of sp³-hybridized carbons (Fsp3) is 0.800. The van der Waals surface area contributed by atoms with E-state index in [1.165, 1.54) is 7.05 Å². The molecule has 0 aromatic heterocycles. The van der Waals surface area contributed by atoms with Crippen LogP contribution in [0.15, 0.2) is 0 Å². The Balaban J connectivity index is 3.45. The highest BCUT2D eigenvalue weighted by atomic mass is 19.1. The Kier molecular flexibility index (Phi) is 9.27. The topological polar surface area (TPSA) is 93.4 Å². The average Bonchev–Trinajstić information content (AvgIpc) is 2.30. The van der Waals surface area contributed by atoms with E-state index >= 15 is 0 Å². The number of amides is 1. The van der Waals surface area contributed by atoms with E-state index in [-0.39, 0.29) is 13.2 Å². The highest BCUT2D eigenvalue weighted by Crippen LogP contribution is 2.01. The van der Waals surface area contributed by atoms with Gasteiger partial charge in [-0.2, -0.15) is 4.39 Å². The number of hydrogen-bond donors (Lipinski definition) is 3. The van der Waals surface area contributed by atoms with Crippen LogP contribution in [0.1, 0.15) is 19.3 Å². The van der Waals surface area contributed by atoms with Crippen LogP contribution in [0.25, 0.3) is 0 Å². The van der Waals surface area contributed by atoms with E-state index in [9.17, 15) is 14.0 Å². The second-order valence-corrected chi connectivity index (χ2v) is 3.49. The van der Waals surface area contributed by atoms with Crippen LogP contribution in [-0.4, -0.2) is 44.9 Å². The first-order valence-electron chi connectivity index (χ1n) is 5.59. The number of unbranched alkanes of at least 4 members (excludes halogenated alkanes) is 1. The lowest BCUT2D eigenvalue weighted by molar-refractivity contribution is -0.131. The van der Waals surface area contributed by atoms with Gasteiger partial charge in [0.15, 0.2) is 0 Å². The lowest BCUT2D eigenvalue weighted by Crippen LogP contribution is -2.32. The van der Waals surface area contributed by atoms with E-state index in [1.807, 2.05) is 0 Å². The number of carbonyl (C=O) groups is 2. The Bertz CT molecular complexity index is 239. The van der Waals surface area contributed by atoms with Gasteiger partial charge in [0.25, 0.3) is 0 Å². The molecule has 0 fully saturated rings. The number of nitrogens with one attached hydrogen (secondary N) is 2. The largest absolute Gasteiger partial charge is 0.448 e. The molecule has 6 nitrogen and oxygen atoms in total. The van der Waals surface area contributed by atoms with Crippen LogP contribution >= 0.6 is 0 Å². The van der Waals surface area contributed by atoms with Gasteiger partial charge in [-0.15, -0.1) is 0 Å². The highest BCUT2D eigenvalue weighted by molar-refractivity contribution is 5.74. The van der Waals surface area contributed by atoms with E-state index < -0.39 is 18.2 Å². The van der Waals surface area contributed by atoms with Gasteiger partial charge in [0.2, 0.25) is 0 Å². The van der Waals surface area contributed by atoms with Gasteiger partial charge >= 0.3 is 12.1 Å². The van der Waals surface area contributed by atoms with Crippen molar-refractivity contribution >= 4 is 12.1 Å². The van der Waals surface area contributed by atoms with Crippen LogP contribution in [0.4, 0.5) is 9.18 Å². The molecule has 1 unspecified atom stereocenters. The smallest absolute Gasteiger partial charge is 0.407 e. The van der Waals surface area contributed by atoms with E-state index in [2.05, 4.69) is 15.4 Å². The molecule has 0 aromatic rings. The summed E-state index contributed by atoms with van der Waals surface area (Å²) in [5, 5.41) is 5.10. The number of nitrogens with two attached hydrogens (primary N) is 1. The Morgan fingerprint density at radius 1 is 1.41 bits per heavy atom. The van der Waals surface area contributed by atoms with Gasteiger partial charge in [0.1, 0.15) is 6.61 Å². The number of hydrogen-bond acceptors (Lipinski definition) is 5. The normalized spacial score (nSPS) is 11.9. The van der Waals surface area contributed by atoms with Crippen LogP contribution in [-0.2, 0) is 9.53 Å². The molecule has 0 heterocycles. The Hall–Kier alpha value is -1.21. The van der Waals surface area contributed by atoms with Crippen molar-refractivity contribution in [3.05, 3.63) is 0 Å². The van der Waals surface area contributed by atoms with Crippen molar-refractivity contribution in [3.63, 3.8) is 0 Å². The van der Waals surface area contributed by atoms with Crippen molar-refractivity contribution in [3.8, 4) is 0 Å². The van der Waals surface area contributed by atoms with Crippen molar-refractivity contribution in [2.75, 3.05) is 26.7 Å². The van der Waals surface area contributed by atoms with Crippen LogP contribution in [0.3, 0.4) is 0 Å². The van der Waals surface area contributed by atoms with Crippen LogP contribution in [0.5, 0.6) is 0 Å². The molecule has 0 spiro atoms. The third-order valence-electron chi connectivity index (χ3n) is 2.16. The van der Waals surface area contributed by atoms with Gasteiger partial charge in [-0.25, -0.2) is 4.79 Å². The summed E-state index contributed by atoms with van der Waals surface area (Å²) in [6.45, 7) is 0.903. The van der Waals surface area contributed by atoms with Crippen LogP contribution in [0.2, 0.25) is 0 Å². The average molecular weight is 249 g/mol. The molecule has 4 N–H and O–H groups in total. The highest BCUT2D eigenvalue weighted by Gasteiger charge is 2.14. The predicted molar refractivity (Wildman–Crippen MR) is 61.2 cm³/mol. The monoisotopic (exact) mass is 249 g/mol. The van der Waals surface area contributed by atoms with Crippen molar-refractivity contribution in [1.29, 1.82) is 0 Å². The van der Waals surface area contributed by atoms with Crippen LogP contribution in [0, 0.1) is 0 Å². The lowest BCUT2D eigenvalue weighted by atomic mass is 10.1. The molecular weight excluding hydrogens is 229 g/mol.